The first-order valence-corrected chi connectivity index (χ1v) is 6.40. The maximum atomic E-state index is 3.80. The van der Waals surface area contributed by atoms with E-state index in [-0.39, 0.29) is 12.4 Å². The Morgan fingerprint density at radius 3 is 1.88 bits per heavy atom. The Labute approximate surface area is 108 Å². The van der Waals surface area contributed by atoms with Gasteiger partial charge in [-0.3, -0.25) is 0 Å². The van der Waals surface area contributed by atoms with Gasteiger partial charge in [-0.15, -0.1) is 12.4 Å². The average Bonchev–Trinajstić information content (AvgIpc) is 2.24. The minimum atomic E-state index is 0. The van der Waals surface area contributed by atoms with Crippen molar-refractivity contribution in [3.8, 4) is 0 Å². The van der Waals surface area contributed by atoms with Crippen LogP contribution in [0.3, 0.4) is 0 Å². The molecule has 2 heteroatoms. The van der Waals surface area contributed by atoms with Crippen molar-refractivity contribution >= 4 is 12.4 Å². The van der Waals surface area contributed by atoms with Gasteiger partial charge in [-0.05, 0) is 25.0 Å². The number of nitrogens with one attached hydrogen (secondary N) is 1. The number of hydrogen-bond donors (Lipinski definition) is 1. The van der Waals surface area contributed by atoms with Gasteiger partial charge in [0.2, 0.25) is 0 Å². The molecule has 0 aliphatic heterocycles. The smallest absolute Gasteiger partial charge is 0.0957 e. The van der Waals surface area contributed by atoms with E-state index < -0.39 is 0 Å². The van der Waals surface area contributed by atoms with E-state index in [0.717, 1.165) is 13.1 Å². The summed E-state index contributed by atoms with van der Waals surface area (Å²) in [5.41, 5.74) is 0. The molecule has 1 N–H and O–H groups in total. The number of quaternary nitrogens is 1. The normalized spacial score (nSPS) is 9.88. The maximum absolute atomic E-state index is 3.80. The van der Waals surface area contributed by atoms with Crippen LogP contribution in [-0.2, 0) is 0 Å². The summed E-state index contributed by atoms with van der Waals surface area (Å²) in [5.74, 6) is 0. The van der Waals surface area contributed by atoms with E-state index in [1.807, 2.05) is 12.2 Å². The van der Waals surface area contributed by atoms with E-state index in [9.17, 15) is 0 Å². The average molecular weight is 247 g/mol. The molecule has 0 aromatic carbocycles. The topological polar surface area (TPSA) is 4.44 Å². The highest BCUT2D eigenvalue weighted by Gasteiger charge is 2.02. The summed E-state index contributed by atoms with van der Waals surface area (Å²) in [4.78, 5) is 1.59. The lowest BCUT2D eigenvalue weighted by atomic mass is 10.1. The summed E-state index contributed by atoms with van der Waals surface area (Å²) in [7, 11) is 0. The van der Waals surface area contributed by atoms with Crippen LogP contribution in [0, 0.1) is 0 Å². The predicted molar refractivity (Wildman–Crippen MR) is 76.6 cm³/mol. The molecular formula is C14H29ClN+. The third kappa shape index (κ3) is 11.8. The molecule has 0 rings (SSSR count). The van der Waals surface area contributed by atoms with Gasteiger partial charge in [0.05, 0.1) is 19.6 Å². The van der Waals surface area contributed by atoms with Crippen LogP contribution in [0.15, 0.2) is 25.3 Å². The molecule has 16 heavy (non-hydrogen) atoms. The maximum Gasteiger partial charge on any atom is 0.0957 e. The molecule has 0 spiro atoms. The lowest BCUT2D eigenvalue weighted by Gasteiger charge is -2.15. The van der Waals surface area contributed by atoms with Gasteiger partial charge in [0, 0.05) is 0 Å². The van der Waals surface area contributed by atoms with Crippen LogP contribution in [0.5, 0.6) is 0 Å². The largest absolute Gasteiger partial charge is 0.328 e. The standard InChI is InChI=1S/C14H27N.ClH/c1-4-7-8-9-10-11-14-15(12-5-2)13-6-3;/h5-6H,2-4,7-14H2,1H3;1H/p+1. The van der Waals surface area contributed by atoms with Crippen LogP contribution >= 0.6 is 12.4 Å². The number of hydrogen-bond acceptors (Lipinski definition) is 0. The van der Waals surface area contributed by atoms with Gasteiger partial charge < -0.3 is 4.90 Å². The summed E-state index contributed by atoms with van der Waals surface area (Å²) < 4.78 is 0. The second-order valence-electron chi connectivity index (χ2n) is 4.25. The third-order valence-electron chi connectivity index (χ3n) is 2.75. The van der Waals surface area contributed by atoms with Crippen LogP contribution in [0.1, 0.15) is 45.4 Å². The molecule has 0 aromatic rings. The van der Waals surface area contributed by atoms with Gasteiger partial charge in [-0.25, -0.2) is 0 Å². The Morgan fingerprint density at radius 2 is 1.38 bits per heavy atom. The Morgan fingerprint density at radius 1 is 0.875 bits per heavy atom. The van der Waals surface area contributed by atoms with Gasteiger partial charge >= 0.3 is 0 Å². The van der Waals surface area contributed by atoms with E-state index in [0.29, 0.717) is 0 Å². The minimum absolute atomic E-state index is 0. The second-order valence-corrected chi connectivity index (χ2v) is 4.25. The first kappa shape index (κ1) is 18.1. The summed E-state index contributed by atoms with van der Waals surface area (Å²) in [6.07, 6.45) is 12.3. The highest BCUT2D eigenvalue weighted by Crippen LogP contribution is 2.03. The summed E-state index contributed by atoms with van der Waals surface area (Å²) in [6, 6.07) is 0. The van der Waals surface area contributed by atoms with Gasteiger partial charge in [-0.1, -0.05) is 45.8 Å². The third-order valence-corrected chi connectivity index (χ3v) is 2.75. The molecule has 0 heterocycles. The molecule has 0 aliphatic carbocycles. The lowest BCUT2D eigenvalue weighted by molar-refractivity contribution is -0.888. The lowest BCUT2D eigenvalue weighted by Crippen LogP contribution is -3.11. The SMILES string of the molecule is C=CC[NH+](CC=C)CCCCCCCC.Cl. The van der Waals surface area contributed by atoms with Crippen molar-refractivity contribution in [2.24, 2.45) is 0 Å². The van der Waals surface area contributed by atoms with Gasteiger partial charge in [0.15, 0.2) is 0 Å². The first-order valence-electron chi connectivity index (χ1n) is 6.40. The Hall–Kier alpha value is -0.270. The van der Waals surface area contributed by atoms with E-state index >= 15 is 0 Å². The van der Waals surface area contributed by atoms with Crippen LogP contribution in [-0.4, -0.2) is 19.6 Å². The molecular weight excluding hydrogens is 218 g/mol. The van der Waals surface area contributed by atoms with Crippen LogP contribution in [0.25, 0.3) is 0 Å². The zero-order valence-corrected chi connectivity index (χ0v) is 11.7. The highest BCUT2D eigenvalue weighted by atomic mass is 35.5. The summed E-state index contributed by atoms with van der Waals surface area (Å²) in [5, 5.41) is 0. The van der Waals surface area contributed by atoms with Crippen LogP contribution < -0.4 is 4.90 Å². The Bertz CT molecular complexity index is 147. The molecule has 0 atom stereocenters. The zero-order chi connectivity index (χ0) is 11.4. The molecule has 0 saturated heterocycles. The van der Waals surface area contributed by atoms with Crippen molar-refractivity contribution in [3.05, 3.63) is 25.3 Å². The quantitative estimate of drug-likeness (QED) is 0.422. The fourth-order valence-electron chi connectivity index (χ4n) is 1.85. The van der Waals surface area contributed by atoms with Crippen molar-refractivity contribution in [2.45, 2.75) is 45.4 Å². The van der Waals surface area contributed by atoms with Crippen LogP contribution in [0.2, 0.25) is 0 Å². The predicted octanol–water partition coefficient (Wildman–Crippen LogP) is 3.03. The fourth-order valence-corrected chi connectivity index (χ4v) is 1.85. The molecule has 0 fully saturated rings. The van der Waals surface area contributed by atoms with E-state index in [1.54, 1.807) is 4.90 Å². The highest BCUT2D eigenvalue weighted by molar-refractivity contribution is 5.85. The van der Waals surface area contributed by atoms with Crippen molar-refractivity contribution in [2.75, 3.05) is 19.6 Å². The molecule has 0 saturated carbocycles. The van der Waals surface area contributed by atoms with Gasteiger partial charge in [-0.2, -0.15) is 0 Å². The summed E-state index contributed by atoms with van der Waals surface area (Å²) in [6.45, 7) is 13.3. The number of rotatable bonds is 11. The number of halogens is 1. The zero-order valence-electron chi connectivity index (χ0n) is 10.8. The molecule has 0 bridgehead atoms. The fraction of sp³-hybridized carbons (Fsp3) is 0.714. The van der Waals surface area contributed by atoms with Gasteiger partial charge in [0.1, 0.15) is 0 Å². The van der Waals surface area contributed by atoms with Crippen molar-refractivity contribution in [1.29, 1.82) is 0 Å². The van der Waals surface area contributed by atoms with Crippen molar-refractivity contribution in [1.82, 2.24) is 0 Å². The number of unbranched alkanes of at least 4 members (excludes halogenated alkanes) is 5. The Balaban J connectivity index is 0. The molecule has 96 valence electrons. The van der Waals surface area contributed by atoms with Gasteiger partial charge in [0.25, 0.3) is 0 Å². The van der Waals surface area contributed by atoms with E-state index in [2.05, 4.69) is 20.1 Å². The van der Waals surface area contributed by atoms with Crippen LogP contribution in [0.4, 0.5) is 0 Å². The molecule has 1 nitrogen and oxygen atoms in total. The van der Waals surface area contributed by atoms with Crippen molar-refractivity contribution < 1.29 is 4.90 Å². The molecule has 0 aromatic heterocycles. The first-order chi connectivity index (χ1) is 7.35. The minimum Gasteiger partial charge on any atom is -0.328 e. The summed E-state index contributed by atoms with van der Waals surface area (Å²) >= 11 is 0. The second kappa shape index (κ2) is 14.7. The Kier molecular flexibility index (Phi) is 16.7. The molecule has 0 amide bonds. The monoisotopic (exact) mass is 246 g/mol. The molecule has 0 unspecified atom stereocenters. The van der Waals surface area contributed by atoms with E-state index in [4.69, 9.17) is 0 Å². The molecule has 0 aliphatic rings. The van der Waals surface area contributed by atoms with E-state index in [1.165, 1.54) is 45.1 Å². The molecule has 0 radical (unpaired) electrons. The van der Waals surface area contributed by atoms with Crippen molar-refractivity contribution in [3.63, 3.8) is 0 Å².